The second-order valence-corrected chi connectivity index (χ2v) is 5.20. The lowest BCUT2D eigenvalue weighted by Crippen LogP contribution is -2.31. The maximum atomic E-state index is 11.8. The van der Waals surface area contributed by atoms with Crippen molar-refractivity contribution in [2.75, 3.05) is 0 Å². The zero-order valence-electron chi connectivity index (χ0n) is 11.1. The van der Waals surface area contributed by atoms with Gasteiger partial charge >= 0.3 is 0 Å². The Morgan fingerprint density at radius 1 is 1.72 bits per heavy atom. The number of hydrogen-bond donors (Lipinski definition) is 2. The standard InChI is InChI=1S/C13H22N4O/c1-9(14)6-7-13(18)16-11-4-3-5-12-10(11)8-15-17(12)2/h8-9,11H,3-7,14H2,1-2H3,(H,16,18). The topological polar surface area (TPSA) is 72.9 Å². The summed E-state index contributed by atoms with van der Waals surface area (Å²) >= 11 is 0. The number of fused-ring (bicyclic) bond motifs is 1. The van der Waals surface area contributed by atoms with Crippen LogP contribution in [-0.2, 0) is 18.3 Å². The lowest BCUT2D eigenvalue weighted by Gasteiger charge is -2.24. The molecule has 1 aromatic rings. The molecular formula is C13H22N4O. The number of hydrogen-bond acceptors (Lipinski definition) is 3. The Kier molecular flexibility index (Phi) is 4.01. The molecule has 3 N–H and O–H groups in total. The molecule has 0 saturated carbocycles. The Morgan fingerprint density at radius 3 is 3.22 bits per heavy atom. The third-order valence-corrected chi connectivity index (χ3v) is 3.54. The minimum absolute atomic E-state index is 0.0797. The van der Waals surface area contributed by atoms with Crippen LogP contribution in [0.2, 0.25) is 0 Å². The van der Waals surface area contributed by atoms with E-state index in [2.05, 4.69) is 10.4 Å². The van der Waals surface area contributed by atoms with E-state index in [4.69, 9.17) is 5.73 Å². The van der Waals surface area contributed by atoms with Crippen LogP contribution in [-0.4, -0.2) is 21.7 Å². The van der Waals surface area contributed by atoms with Gasteiger partial charge in [0, 0.05) is 30.8 Å². The van der Waals surface area contributed by atoms with Gasteiger partial charge in [-0.1, -0.05) is 0 Å². The molecular weight excluding hydrogens is 228 g/mol. The van der Waals surface area contributed by atoms with Crippen LogP contribution in [0.25, 0.3) is 0 Å². The molecule has 0 bridgehead atoms. The van der Waals surface area contributed by atoms with Crippen LogP contribution in [0.15, 0.2) is 6.20 Å². The van der Waals surface area contributed by atoms with E-state index in [0.717, 1.165) is 25.7 Å². The van der Waals surface area contributed by atoms with E-state index in [9.17, 15) is 4.79 Å². The van der Waals surface area contributed by atoms with Crippen LogP contribution in [0.1, 0.15) is 49.9 Å². The average molecular weight is 250 g/mol. The van der Waals surface area contributed by atoms with Crippen LogP contribution in [0.5, 0.6) is 0 Å². The highest BCUT2D eigenvalue weighted by molar-refractivity contribution is 5.76. The SMILES string of the molecule is CC(N)CCC(=O)NC1CCCc2c1cnn2C. The Bertz CT molecular complexity index is 425. The molecule has 0 radical (unpaired) electrons. The molecule has 18 heavy (non-hydrogen) atoms. The number of rotatable bonds is 4. The maximum Gasteiger partial charge on any atom is 0.220 e. The number of aromatic nitrogens is 2. The van der Waals surface area contributed by atoms with E-state index in [1.54, 1.807) is 0 Å². The largest absolute Gasteiger partial charge is 0.349 e. The molecule has 2 atom stereocenters. The molecule has 5 heteroatoms. The third kappa shape index (κ3) is 2.90. The highest BCUT2D eigenvalue weighted by Gasteiger charge is 2.24. The second-order valence-electron chi connectivity index (χ2n) is 5.20. The molecule has 0 spiro atoms. The molecule has 1 aromatic heterocycles. The van der Waals surface area contributed by atoms with Gasteiger partial charge in [-0.2, -0.15) is 5.10 Å². The molecule has 0 saturated heterocycles. The number of aryl methyl sites for hydroxylation is 1. The van der Waals surface area contributed by atoms with Crippen LogP contribution in [0.3, 0.4) is 0 Å². The fourth-order valence-corrected chi connectivity index (χ4v) is 2.48. The van der Waals surface area contributed by atoms with Gasteiger partial charge in [-0.05, 0) is 32.6 Å². The molecule has 0 aromatic carbocycles. The number of nitrogens with one attached hydrogen (secondary N) is 1. The molecule has 1 aliphatic rings. The van der Waals surface area contributed by atoms with E-state index in [0.29, 0.717) is 6.42 Å². The summed E-state index contributed by atoms with van der Waals surface area (Å²) in [6, 6.07) is 0.207. The molecule has 1 amide bonds. The van der Waals surface area contributed by atoms with Gasteiger partial charge in [0.25, 0.3) is 0 Å². The average Bonchev–Trinajstić information content (AvgIpc) is 2.70. The number of nitrogens with two attached hydrogens (primary N) is 1. The lowest BCUT2D eigenvalue weighted by atomic mass is 9.93. The van der Waals surface area contributed by atoms with Crippen molar-refractivity contribution in [2.24, 2.45) is 12.8 Å². The number of carbonyl (C=O) groups is 1. The highest BCUT2D eigenvalue weighted by Crippen LogP contribution is 2.29. The summed E-state index contributed by atoms with van der Waals surface area (Å²) in [6.45, 7) is 1.92. The first kappa shape index (κ1) is 13.1. The van der Waals surface area contributed by atoms with Crippen molar-refractivity contribution in [3.05, 3.63) is 17.5 Å². The van der Waals surface area contributed by atoms with Crippen molar-refractivity contribution >= 4 is 5.91 Å². The van der Waals surface area contributed by atoms with Gasteiger partial charge in [-0.15, -0.1) is 0 Å². The van der Waals surface area contributed by atoms with Gasteiger partial charge in [0.15, 0.2) is 0 Å². The maximum absolute atomic E-state index is 11.8. The molecule has 100 valence electrons. The first-order chi connectivity index (χ1) is 8.58. The summed E-state index contributed by atoms with van der Waals surface area (Å²) < 4.78 is 1.91. The van der Waals surface area contributed by atoms with Crippen molar-refractivity contribution < 1.29 is 4.79 Å². The Labute approximate surface area is 108 Å². The van der Waals surface area contributed by atoms with Crippen LogP contribution in [0, 0.1) is 0 Å². The summed E-state index contributed by atoms with van der Waals surface area (Å²) in [5.74, 6) is 0.0917. The first-order valence-corrected chi connectivity index (χ1v) is 6.63. The van der Waals surface area contributed by atoms with Gasteiger partial charge in [0.05, 0.1) is 12.2 Å². The minimum atomic E-state index is 0.0797. The lowest BCUT2D eigenvalue weighted by molar-refractivity contribution is -0.122. The number of carbonyl (C=O) groups excluding carboxylic acids is 1. The predicted octanol–water partition coefficient (Wildman–Crippen LogP) is 1.04. The van der Waals surface area contributed by atoms with Crippen LogP contribution >= 0.6 is 0 Å². The summed E-state index contributed by atoms with van der Waals surface area (Å²) in [5.41, 5.74) is 8.09. The third-order valence-electron chi connectivity index (χ3n) is 3.54. The van der Waals surface area contributed by atoms with Crippen molar-refractivity contribution in [2.45, 2.75) is 51.1 Å². The molecule has 5 nitrogen and oxygen atoms in total. The van der Waals surface area contributed by atoms with E-state index in [1.165, 1.54) is 11.3 Å². The zero-order chi connectivity index (χ0) is 13.1. The fraction of sp³-hybridized carbons (Fsp3) is 0.692. The predicted molar refractivity (Wildman–Crippen MR) is 69.9 cm³/mol. The fourth-order valence-electron chi connectivity index (χ4n) is 2.48. The van der Waals surface area contributed by atoms with E-state index < -0.39 is 0 Å². The minimum Gasteiger partial charge on any atom is -0.349 e. The number of amides is 1. The Morgan fingerprint density at radius 2 is 2.50 bits per heavy atom. The monoisotopic (exact) mass is 250 g/mol. The summed E-state index contributed by atoms with van der Waals surface area (Å²) in [4.78, 5) is 11.8. The molecule has 2 unspecified atom stereocenters. The zero-order valence-corrected chi connectivity index (χ0v) is 11.1. The Hall–Kier alpha value is -1.36. The van der Waals surface area contributed by atoms with E-state index in [1.807, 2.05) is 24.9 Å². The first-order valence-electron chi connectivity index (χ1n) is 6.63. The van der Waals surface area contributed by atoms with Crippen LogP contribution in [0.4, 0.5) is 0 Å². The second kappa shape index (κ2) is 5.52. The van der Waals surface area contributed by atoms with Gasteiger partial charge in [0.2, 0.25) is 5.91 Å². The van der Waals surface area contributed by atoms with E-state index in [-0.39, 0.29) is 18.0 Å². The van der Waals surface area contributed by atoms with Crippen LogP contribution < -0.4 is 11.1 Å². The normalized spacial score (nSPS) is 20.3. The van der Waals surface area contributed by atoms with Crippen molar-refractivity contribution in [1.29, 1.82) is 0 Å². The van der Waals surface area contributed by atoms with Gasteiger partial charge in [0.1, 0.15) is 0 Å². The summed E-state index contributed by atoms with van der Waals surface area (Å²) in [7, 11) is 1.96. The van der Waals surface area contributed by atoms with Gasteiger partial charge < -0.3 is 11.1 Å². The quantitative estimate of drug-likeness (QED) is 0.838. The van der Waals surface area contributed by atoms with Crippen molar-refractivity contribution in [1.82, 2.24) is 15.1 Å². The van der Waals surface area contributed by atoms with Gasteiger partial charge in [-0.3, -0.25) is 9.48 Å². The van der Waals surface area contributed by atoms with Crippen molar-refractivity contribution in [3.8, 4) is 0 Å². The highest BCUT2D eigenvalue weighted by atomic mass is 16.1. The summed E-state index contributed by atoms with van der Waals surface area (Å²) in [5, 5.41) is 7.37. The molecule has 0 aliphatic heterocycles. The Balaban J connectivity index is 1.96. The van der Waals surface area contributed by atoms with E-state index >= 15 is 0 Å². The number of nitrogens with zero attached hydrogens (tertiary/aromatic N) is 2. The molecule has 1 aliphatic carbocycles. The summed E-state index contributed by atoms with van der Waals surface area (Å²) in [6.07, 6.45) is 6.28. The smallest absolute Gasteiger partial charge is 0.220 e. The van der Waals surface area contributed by atoms with Gasteiger partial charge in [-0.25, -0.2) is 0 Å². The molecule has 2 rings (SSSR count). The van der Waals surface area contributed by atoms with Crippen molar-refractivity contribution in [3.63, 3.8) is 0 Å². The molecule has 0 fully saturated rings. The molecule has 1 heterocycles.